The average molecular weight is 500 g/mol. The minimum absolute atomic E-state index is 0.0833. The Labute approximate surface area is 218 Å². The van der Waals surface area contributed by atoms with Crippen LogP contribution in [0.1, 0.15) is 61.3 Å². The van der Waals surface area contributed by atoms with Gasteiger partial charge in [-0.1, -0.05) is 48.9 Å². The lowest BCUT2D eigenvalue weighted by Crippen LogP contribution is -2.49. The molecule has 1 atom stereocenters. The molecule has 2 aromatic carbocycles. The van der Waals surface area contributed by atoms with Crippen molar-refractivity contribution in [2.45, 2.75) is 59.2 Å². The van der Waals surface area contributed by atoms with Crippen molar-refractivity contribution in [3.8, 4) is 0 Å². The standard InChI is InChI=1S/C29H37N7O/c1-6-29(4,5)36-27(31-32-33-36)26(24-18-23-17-20(2)16-21(3)25(23)30-28(24)37)35-14-12-34(13-15-35)19-22-10-8-7-9-11-22/h7-11,16-18,26H,6,12-15,19H2,1-5H3,(H,30,37)/t26-/m1/s1. The predicted molar refractivity (Wildman–Crippen MR) is 147 cm³/mol. The molecule has 2 aromatic heterocycles. The second kappa shape index (κ2) is 10.2. The quantitative estimate of drug-likeness (QED) is 0.411. The molecule has 1 fully saturated rings. The van der Waals surface area contributed by atoms with Crippen LogP contribution in [0.3, 0.4) is 0 Å². The molecule has 194 valence electrons. The number of rotatable bonds is 7. The van der Waals surface area contributed by atoms with Crippen LogP contribution in [0.15, 0.2) is 53.3 Å². The lowest BCUT2D eigenvalue weighted by atomic mass is 9.98. The highest BCUT2D eigenvalue weighted by atomic mass is 16.1. The van der Waals surface area contributed by atoms with Gasteiger partial charge in [-0.2, -0.15) is 0 Å². The van der Waals surface area contributed by atoms with E-state index in [-0.39, 0.29) is 17.1 Å². The highest BCUT2D eigenvalue weighted by Gasteiger charge is 2.35. The lowest BCUT2D eigenvalue weighted by Gasteiger charge is -2.39. The van der Waals surface area contributed by atoms with Crippen LogP contribution in [0.25, 0.3) is 10.9 Å². The van der Waals surface area contributed by atoms with Crippen LogP contribution in [0.2, 0.25) is 0 Å². The maximum Gasteiger partial charge on any atom is 0.253 e. The number of aromatic amines is 1. The number of aromatic nitrogens is 5. The maximum atomic E-state index is 13.6. The Morgan fingerprint density at radius 2 is 1.76 bits per heavy atom. The Morgan fingerprint density at radius 1 is 1.03 bits per heavy atom. The first-order valence-corrected chi connectivity index (χ1v) is 13.2. The minimum Gasteiger partial charge on any atom is -0.321 e. The summed E-state index contributed by atoms with van der Waals surface area (Å²) in [6.07, 6.45) is 0.870. The van der Waals surface area contributed by atoms with Crippen LogP contribution in [0, 0.1) is 13.8 Å². The number of aryl methyl sites for hydroxylation is 2. The van der Waals surface area contributed by atoms with Crippen LogP contribution < -0.4 is 5.56 Å². The van der Waals surface area contributed by atoms with Gasteiger partial charge in [-0.3, -0.25) is 14.6 Å². The molecule has 0 radical (unpaired) electrons. The van der Waals surface area contributed by atoms with Gasteiger partial charge in [0.1, 0.15) is 6.04 Å². The summed E-state index contributed by atoms with van der Waals surface area (Å²) >= 11 is 0. The third-order valence-electron chi connectivity index (χ3n) is 7.81. The average Bonchev–Trinajstić information content (AvgIpc) is 3.37. The molecule has 0 unspecified atom stereocenters. The normalized spacial score (nSPS) is 16.4. The van der Waals surface area contributed by atoms with E-state index in [1.165, 1.54) is 11.1 Å². The first kappa shape index (κ1) is 25.3. The summed E-state index contributed by atoms with van der Waals surface area (Å²) in [5.74, 6) is 0.720. The fourth-order valence-electron chi connectivity index (χ4n) is 5.37. The summed E-state index contributed by atoms with van der Waals surface area (Å²) in [5, 5.41) is 14.0. The van der Waals surface area contributed by atoms with E-state index in [9.17, 15) is 4.79 Å². The van der Waals surface area contributed by atoms with E-state index in [0.29, 0.717) is 5.56 Å². The van der Waals surface area contributed by atoms with Gasteiger partial charge in [0.25, 0.3) is 5.56 Å². The molecule has 0 spiro atoms. The number of pyridine rings is 1. The number of hydrogen-bond acceptors (Lipinski definition) is 6. The van der Waals surface area contributed by atoms with Gasteiger partial charge in [-0.15, -0.1) is 5.10 Å². The minimum atomic E-state index is -0.339. The van der Waals surface area contributed by atoms with E-state index >= 15 is 0 Å². The molecule has 0 saturated carbocycles. The number of H-pyrrole nitrogens is 1. The SMILES string of the molecule is CCC(C)(C)n1nnnc1[C@@H](c1cc2cc(C)cc(C)c2[nH]c1=O)N1CCN(Cc2ccccc2)CC1. The number of piperazine rings is 1. The zero-order chi connectivity index (χ0) is 26.2. The highest BCUT2D eigenvalue weighted by molar-refractivity contribution is 5.83. The molecule has 1 aliphatic heterocycles. The van der Waals surface area contributed by atoms with Gasteiger partial charge < -0.3 is 4.98 Å². The molecule has 8 nitrogen and oxygen atoms in total. The van der Waals surface area contributed by atoms with Gasteiger partial charge in [0, 0.05) is 38.3 Å². The summed E-state index contributed by atoms with van der Waals surface area (Å²) in [5.41, 5.74) is 4.78. The van der Waals surface area contributed by atoms with E-state index in [1.807, 2.05) is 17.7 Å². The van der Waals surface area contributed by atoms with Gasteiger partial charge in [0.15, 0.2) is 5.82 Å². The van der Waals surface area contributed by atoms with E-state index in [1.54, 1.807) is 0 Å². The Balaban J connectivity index is 1.54. The number of nitrogens with zero attached hydrogens (tertiary/aromatic N) is 6. The maximum absolute atomic E-state index is 13.6. The largest absolute Gasteiger partial charge is 0.321 e. The topological polar surface area (TPSA) is 82.9 Å². The molecule has 37 heavy (non-hydrogen) atoms. The molecule has 0 bridgehead atoms. The van der Waals surface area contributed by atoms with Crippen molar-refractivity contribution in [1.82, 2.24) is 35.0 Å². The van der Waals surface area contributed by atoms with E-state index in [2.05, 4.69) is 100 Å². The molecule has 8 heteroatoms. The van der Waals surface area contributed by atoms with Gasteiger partial charge in [0.2, 0.25) is 0 Å². The first-order chi connectivity index (χ1) is 17.8. The summed E-state index contributed by atoms with van der Waals surface area (Å²) in [6, 6.07) is 16.5. The van der Waals surface area contributed by atoms with Gasteiger partial charge in [-0.05, 0) is 73.2 Å². The Kier molecular flexibility index (Phi) is 6.96. The molecular formula is C29H37N7O. The van der Waals surface area contributed by atoms with E-state index < -0.39 is 0 Å². The zero-order valence-corrected chi connectivity index (χ0v) is 22.5. The lowest BCUT2D eigenvalue weighted by molar-refractivity contribution is 0.0968. The second-order valence-electron chi connectivity index (χ2n) is 10.9. The fraction of sp³-hybridized carbons (Fsp3) is 0.448. The monoisotopic (exact) mass is 499 g/mol. The summed E-state index contributed by atoms with van der Waals surface area (Å²) in [6.45, 7) is 14.9. The number of hydrogen-bond donors (Lipinski definition) is 1. The Bertz CT molecular complexity index is 1430. The number of fused-ring (bicyclic) bond motifs is 1. The second-order valence-corrected chi connectivity index (χ2v) is 10.9. The van der Waals surface area contributed by atoms with Crippen molar-refractivity contribution in [1.29, 1.82) is 0 Å². The van der Waals surface area contributed by atoms with Crippen molar-refractivity contribution in [3.63, 3.8) is 0 Å². The summed E-state index contributed by atoms with van der Waals surface area (Å²) in [4.78, 5) is 21.6. The van der Waals surface area contributed by atoms with Gasteiger partial charge in [0.05, 0.1) is 11.1 Å². The van der Waals surface area contributed by atoms with Crippen LogP contribution >= 0.6 is 0 Å². The molecule has 4 aromatic rings. The number of tetrazole rings is 1. The molecule has 1 N–H and O–H groups in total. The van der Waals surface area contributed by atoms with E-state index in [4.69, 9.17) is 0 Å². The van der Waals surface area contributed by atoms with E-state index in [0.717, 1.165) is 61.4 Å². The molecule has 3 heterocycles. The van der Waals surface area contributed by atoms with Crippen molar-refractivity contribution in [3.05, 3.63) is 87.0 Å². The molecule has 5 rings (SSSR count). The van der Waals surface area contributed by atoms with Gasteiger partial charge >= 0.3 is 0 Å². The molecule has 0 aliphatic carbocycles. The highest BCUT2D eigenvalue weighted by Crippen LogP contribution is 2.31. The van der Waals surface area contributed by atoms with Crippen LogP contribution in [0.5, 0.6) is 0 Å². The fourth-order valence-corrected chi connectivity index (χ4v) is 5.37. The Hall–Kier alpha value is -3.36. The van der Waals surface area contributed by atoms with Gasteiger partial charge in [-0.25, -0.2) is 4.68 Å². The Morgan fingerprint density at radius 3 is 2.46 bits per heavy atom. The number of benzene rings is 2. The predicted octanol–water partition coefficient (Wildman–Crippen LogP) is 4.18. The van der Waals surface area contributed by atoms with Crippen molar-refractivity contribution >= 4 is 10.9 Å². The van der Waals surface area contributed by atoms with Crippen LogP contribution in [-0.4, -0.2) is 61.2 Å². The summed E-state index contributed by atoms with van der Waals surface area (Å²) in [7, 11) is 0. The molecule has 1 aliphatic rings. The third kappa shape index (κ3) is 5.08. The van der Waals surface area contributed by atoms with Crippen LogP contribution in [-0.2, 0) is 12.1 Å². The first-order valence-electron chi connectivity index (χ1n) is 13.2. The molecule has 1 saturated heterocycles. The smallest absolute Gasteiger partial charge is 0.253 e. The van der Waals surface area contributed by atoms with Crippen molar-refractivity contribution < 1.29 is 0 Å². The number of nitrogens with one attached hydrogen (secondary N) is 1. The molecule has 0 amide bonds. The third-order valence-corrected chi connectivity index (χ3v) is 7.81. The van der Waals surface area contributed by atoms with Crippen LogP contribution in [0.4, 0.5) is 0 Å². The zero-order valence-electron chi connectivity index (χ0n) is 22.5. The van der Waals surface area contributed by atoms with Crippen molar-refractivity contribution in [2.75, 3.05) is 26.2 Å². The van der Waals surface area contributed by atoms with Crippen molar-refractivity contribution in [2.24, 2.45) is 0 Å². The molecular weight excluding hydrogens is 462 g/mol. The summed E-state index contributed by atoms with van der Waals surface area (Å²) < 4.78 is 1.92.